The predicted molar refractivity (Wildman–Crippen MR) is 63.5 cm³/mol. The molecule has 0 saturated carbocycles. The molecule has 82 valence electrons. The Morgan fingerprint density at radius 2 is 1.94 bits per heavy atom. The normalized spacial score (nSPS) is 10.1. The number of methoxy groups -OCH3 is 1. The molecule has 0 radical (unpaired) electrons. The molecule has 4 nitrogen and oxygen atoms in total. The van der Waals surface area contributed by atoms with Crippen LogP contribution < -0.4 is 16.0 Å². The maximum absolute atomic E-state index is 11.4. The number of nitrogens with two attached hydrogens (primary N) is 1. The lowest BCUT2D eigenvalue weighted by atomic mass is 10.1. The summed E-state index contributed by atoms with van der Waals surface area (Å²) >= 11 is 0. The molecule has 3 N–H and O–H groups in total. The molecule has 0 bridgehead atoms. The van der Waals surface area contributed by atoms with Gasteiger partial charge >= 0.3 is 0 Å². The molecule has 2 rings (SSSR count). The van der Waals surface area contributed by atoms with Crippen molar-refractivity contribution in [1.29, 1.82) is 0 Å². The van der Waals surface area contributed by atoms with Gasteiger partial charge in [-0.15, -0.1) is 0 Å². The molecule has 0 spiro atoms. The van der Waals surface area contributed by atoms with Crippen molar-refractivity contribution in [3.05, 3.63) is 46.8 Å². The summed E-state index contributed by atoms with van der Waals surface area (Å²) in [6.07, 6.45) is 0. The highest BCUT2D eigenvalue weighted by molar-refractivity contribution is 5.67. The Balaban J connectivity index is 2.58. The minimum atomic E-state index is -0.289. The number of ether oxygens (including phenoxy) is 1. The number of aromatic amines is 1. The second kappa shape index (κ2) is 4.10. The van der Waals surface area contributed by atoms with Crippen LogP contribution in [-0.4, -0.2) is 12.1 Å². The summed E-state index contributed by atoms with van der Waals surface area (Å²) in [4.78, 5) is 14.1. The molecule has 0 aliphatic heterocycles. The van der Waals surface area contributed by atoms with Crippen LogP contribution in [0, 0.1) is 0 Å². The van der Waals surface area contributed by atoms with Crippen LogP contribution in [0.1, 0.15) is 0 Å². The first-order valence-electron chi connectivity index (χ1n) is 4.84. The second-order valence-corrected chi connectivity index (χ2v) is 3.36. The largest absolute Gasteiger partial charge is 0.496 e. The lowest BCUT2D eigenvalue weighted by Gasteiger charge is -2.07. The van der Waals surface area contributed by atoms with Gasteiger partial charge in [-0.05, 0) is 24.3 Å². The number of nitrogen functional groups attached to an aromatic ring is 1. The van der Waals surface area contributed by atoms with Crippen LogP contribution in [0.2, 0.25) is 0 Å². The van der Waals surface area contributed by atoms with Gasteiger partial charge in [-0.2, -0.15) is 0 Å². The quantitative estimate of drug-likeness (QED) is 0.801. The van der Waals surface area contributed by atoms with Gasteiger partial charge in [-0.25, -0.2) is 0 Å². The number of rotatable bonds is 2. The topological polar surface area (TPSA) is 68.1 Å². The van der Waals surface area contributed by atoms with Gasteiger partial charge in [0.25, 0.3) is 5.56 Å². The number of aromatic nitrogens is 1. The van der Waals surface area contributed by atoms with Crippen molar-refractivity contribution in [3.8, 4) is 17.0 Å². The van der Waals surface area contributed by atoms with Crippen LogP contribution >= 0.6 is 0 Å². The summed E-state index contributed by atoms with van der Waals surface area (Å²) in [5, 5.41) is 0. The molecule has 1 aromatic carbocycles. The average molecular weight is 216 g/mol. The van der Waals surface area contributed by atoms with Crippen LogP contribution in [0.15, 0.2) is 41.2 Å². The number of H-pyrrole nitrogens is 1. The van der Waals surface area contributed by atoms with E-state index in [2.05, 4.69) is 4.98 Å². The number of hydrogen-bond donors (Lipinski definition) is 2. The van der Waals surface area contributed by atoms with Gasteiger partial charge in [-0.1, -0.05) is 12.1 Å². The van der Waals surface area contributed by atoms with Crippen molar-refractivity contribution in [1.82, 2.24) is 4.98 Å². The predicted octanol–water partition coefficient (Wildman–Crippen LogP) is 1.63. The lowest BCUT2D eigenvalue weighted by Crippen LogP contribution is -2.11. The molecule has 2 aromatic rings. The number of pyridine rings is 1. The summed E-state index contributed by atoms with van der Waals surface area (Å²) in [6.45, 7) is 0. The first kappa shape index (κ1) is 10.3. The van der Waals surface area contributed by atoms with Crippen LogP contribution in [-0.2, 0) is 0 Å². The summed E-state index contributed by atoms with van der Waals surface area (Å²) in [7, 11) is 1.59. The Hall–Kier alpha value is -2.23. The molecule has 1 aromatic heterocycles. The Morgan fingerprint density at radius 1 is 1.19 bits per heavy atom. The minimum Gasteiger partial charge on any atom is -0.496 e. The SMILES string of the molecule is COc1ccccc1-c1ccc(N)c(=O)[nH]1. The third-order valence-corrected chi connectivity index (χ3v) is 2.34. The van der Waals surface area contributed by atoms with Crippen molar-refractivity contribution in [2.45, 2.75) is 0 Å². The van der Waals surface area contributed by atoms with E-state index in [0.29, 0.717) is 11.4 Å². The van der Waals surface area contributed by atoms with E-state index in [4.69, 9.17) is 10.5 Å². The summed E-state index contributed by atoms with van der Waals surface area (Å²) in [6, 6.07) is 10.8. The molecule has 0 fully saturated rings. The van der Waals surface area contributed by atoms with E-state index < -0.39 is 0 Å². The second-order valence-electron chi connectivity index (χ2n) is 3.36. The van der Waals surface area contributed by atoms with Gasteiger partial charge in [0.1, 0.15) is 5.75 Å². The van der Waals surface area contributed by atoms with Crippen molar-refractivity contribution in [2.24, 2.45) is 0 Å². The standard InChI is InChI=1S/C12H12N2O2/c1-16-11-5-3-2-4-8(11)10-7-6-9(13)12(15)14-10/h2-7H,13H2,1H3,(H,14,15). The fourth-order valence-corrected chi connectivity index (χ4v) is 1.51. The number of para-hydroxylation sites is 1. The number of hydrogen-bond acceptors (Lipinski definition) is 3. The van der Waals surface area contributed by atoms with Gasteiger partial charge < -0.3 is 15.5 Å². The van der Waals surface area contributed by atoms with Gasteiger partial charge in [0, 0.05) is 5.56 Å². The molecule has 4 heteroatoms. The molecule has 0 aliphatic rings. The first-order chi connectivity index (χ1) is 7.72. The molecule has 16 heavy (non-hydrogen) atoms. The highest BCUT2D eigenvalue weighted by atomic mass is 16.5. The first-order valence-corrected chi connectivity index (χ1v) is 4.84. The Labute approximate surface area is 92.7 Å². The van der Waals surface area contributed by atoms with Gasteiger partial charge in [-0.3, -0.25) is 4.79 Å². The summed E-state index contributed by atoms with van der Waals surface area (Å²) in [5.74, 6) is 0.711. The summed E-state index contributed by atoms with van der Waals surface area (Å²) < 4.78 is 5.22. The highest BCUT2D eigenvalue weighted by Gasteiger charge is 2.05. The van der Waals surface area contributed by atoms with Crippen molar-refractivity contribution in [2.75, 3.05) is 12.8 Å². The Bertz CT molecular complexity index is 561. The minimum absolute atomic E-state index is 0.207. The maximum atomic E-state index is 11.4. The third kappa shape index (κ3) is 1.77. The zero-order valence-electron chi connectivity index (χ0n) is 8.86. The number of anilines is 1. The van der Waals surface area contributed by atoms with E-state index in [1.165, 1.54) is 0 Å². The lowest BCUT2D eigenvalue weighted by molar-refractivity contribution is 0.416. The molecular formula is C12H12N2O2. The van der Waals surface area contributed by atoms with E-state index >= 15 is 0 Å². The zero-order valence-corrected chi connectivity index (χ0v) is 8.86. The van der Waals surface area contributed by atoms with E-state index in [9.17, 15) is 4.79 Å². The zero-order chi connectivity index (χ0) is 11.5. The van der Waals surface area contributed by atoms with Crippen LogP contribution in [0.3, 0.4) is 0 Å². The van der Waals surface area contributed by atoms with Gasteiger partial charge in [0.2, 0.25) is 0 Å². The third-order valence-electron chi connectivity index (χ3n) is 2.34. The Kier molecular flexibility index (Phi) is 2.64. The number of nitrogens with one attached hydrogen (secondary N) is 1. The molecule has 0 atom stereocenters. The summed E-state index contributed by atoms with van der Waals surface area (Å²) in [5.41, 5.74) is 6.91. The van der Waals surface area contributed by atoms with Crippen molar-refractivity contribution >= 4 is 5.69 Å². The monoisotopic (exact) mass is 216 g/mol. The van der Waals surface area contributed by atoms with Crippen LogP contribution in [0.5, 0.6) is 5.75 Å². The van der Waals surface area contributed by atoms with Crippen LogP contribution in [0.4, 0.5) is 5.69 Å². The molecular weight excluding hydrogens is 204 g/mol. The molecule has 1 heterocycles. The number of benzene rings is 1. The van der Waals surface area contributed by atoms with E-state index in [1.54, 1.807) is 19.2 Å². The van der Waals surface area contributed by atoms with Crippen molar-refractivity contribution in [3.63, 3.8) is 0 Å². The van der Waals surface area contributed by atoms with Gasteiger partial charge in [0.05, 0.1) is 18.5 Å². The van der Waals surface area contributed by atoms with Crippen LogP contribution in [0.25, 0.3) is 11.3 Å². The fraction of sp³-hybridized carbons (Fsp3) is 0.0833. The highest BCUT2D eigenvalue weighted by Crippen LogP contribution is 2.27. The van der Waals surface area contributed by atoms with E-state index in [1.807, 2.05) is 24.3 Å². The maximum Gasteiger partial charge on any atom is 0.271 e. The van der Waals surface area contributed by atoms with Gasteiger partial charge in [0.15, 0.2) is 0 Å². The fourth-order valence-electron chi connectivity index (χ4n) is 1.51. The molecule has 0 aliphatic carbocycles. The smallest absolute Gasteiger partial charge is 0.271 e. The molecule has 0 saturated heterocycles. The molecule has 0 amide bonds. The van der Waals surface area contributed by atoms with E-state index in [0.717, 1.165) is 5.56 Å². The van der Waals surface area contributed by atoms with E-state index in [-0.39, 0.29) is 11.2 Å². The molecule has 0 unspecified atom stereocenters. The average Bonchev–Trinajstić information content (AvgIpc) is 2.32. The Morgan fingerprint density at radius 3 is 2.62 bits per heavy atom. The van der Waals surface area contributed by atoms with Crippen molar-refractivity contribution < 1.29 is 4.74 Å².